The van der Waals surface area contributed by atoms with Gasteiger partial charge in [0.1, 0.15) is 0 Å². The first-order valence-corrected chi connectivity index (χ1v) is 5.49. The molecule has 0 N–H and O–H groups in total. The predicted molar refractivity (Wildman–Crippen MR) is 56.5 cm³/mol. The zero-order chi connectivity index (χ0) is 11.0. The van der Waals surface area contributed by atoms with Gasteiger partial charge < -0.3 is 4.74 Å². The van der Waals surface area contributed by atoms with Crippen LogP contribution >= 0.6 is 0 Å². The Hall–Kier alpha value is -1.39. The van der Waals surface area contributed by atoms with Gasteiger partial charge in [-0.2, -0.15) is 0 Å². The van der Waals surface area contributed by atoms with Gasteiger partial charge in [0.25, 0.3) is 5.91 Å². The van der Waals surface area contributed by atoms with Crippen molar-refractivity contribution in [3.05, 3.63) is 34.9 Å². The van der Waals surface area contributed by atoms with E-state index in [-0.39, 0.29) is 5.91 Å². The summed E-state index contributed by atoms with van der Waals surface area (Å²) < 4.78 is 5.32. The first kappa shape index (κ1) is 9.81. The van der Waals surface area contributed by atoms with Crippen LogP contribution in [0.5, 0.6) is 0 Å². The fraction of sp³-hybridized carbons (Fsp3) is 0.417. The molecule has 2 aliphatic heterocycles. The number of benzene rings is 1. The summed E-state index contributed by atoms with van der Waals surface area (Å²) in [7, 11) is 0. The van der Waals surface area contributed by atoms with Crippen molar-refractivity contribution < 1.29 is 14.4 Å². The molecular formula is C12H13NO3. The lowest BCUT2D eigenvalue weighted by Crippen LogP contribution is -2.26. The largest absolute Gasteiger partial charge is 0.372 e. The van der Waals surface area contributed by atoms with Crippen LogP contribution in [0.3, 0.4) is 0 Å². The highest BCUT2D eigenvalue weighted by atomic mass is 16.7. The molecule has 1 saturated heterocycles. The first-order valence-electron chi connectivity index (χ1n) is 5.49. The third kappa shape index (κ3) is 1.60. The maximum Gasteiger partial charge on any atom is 0.277 e. The molecule has 3 rings (SSSR count). The van der Waals surface area contributed by atoms with Gasteiger partial charge in [0.15, 0.2) is 0 Å². The Kier molecular flexibility index (Phi) is 2.38. The average molecular weight is 219 g/mol. The van der Waals surface area contributed by atoms with Crippen molar-refractivity contribution in [3.8, 4) is 0 Å². The minimum atomic E-state index is -0.0489. The number of ether oxygens (including phenoxy) is 1. The molecule has 0 aliphatic carbocycles. The second-order valence-corrected chi connectivity index (χ2v) is 4.07. The van der Waals surface area contributed by atoms with Crippen molar-refractivity contribution in [2.45, 2.75) is 19.6 Å². The molecule has 0 unspecified atom stereocenters. The summed E-state index contributed by atoms with van der Waals surface area (Å²) in [5.74, 6) is -0.0489. The van der Waals surface area contributed by atoms with Crippen LogP contribution in [-0.2, 0) is 22.8 Å². The van der Waals surface area contributed by atoms with Crippen LogP contribution in [0.1, 0.15) is 27.9 Å². The van der Waals surface area contributed by atoms with Crippen molar-refractivity contribution >= 4 is 5.91 Å². The van der Waals surface area contributed by atoms with E-state index in [4.69, 9.17) is 9.57 Å². The zero-order valence-corrected chi connectivity index (χ0v) is 8.94. The number of hydroxylamine groups is 2. The highest BCUT2D eigenvalue weighted by Crippen LogP contribution is 2.22. The van der Waals surface area contributed by atoms with Crippen LogP contribution in [0.25, 0.3) is 0 Å². The Morgan fingerprint density at radius 3 is 2.94 bits per heavy atom. The highest BCUT2D eigenvalue weighted by Gasteiger charge is 2.22. The normalized spacial score (nSPS) is 18.9. The molecule has 4 heteroatoms. The van der Waals surface area contributed by atoms with Crippen molar-refractivity contribution in [1.82, 2.24) is 5.06 Å². The van der Waals surface area contributed by atoms with Gasteiger partial charge in [-0.3, -0.25) is 9.63 Å². The number of amides is 1. The fourth-order valence-corrected chi connectivity index (χ4v) is 2.06. The Balaban J connectivity index is 1.86. The maximum absolute atomic E-state index is 12.0. The molecule has 1 amide bonds. The summed E-state index contributed by atoms with van der Waals surface area (Å²) in [6, 6.07) is 5.72. The molecule has 84 valence electrons. The Morgan fingerprint density at radius 1 is 1.25 bits per heavy atom. The van der Waals surface area contributed by atoms with Gasteiger partial charge in [-0.25, -0.2) is 5.06 Å². The Labute approximate surface area is 93.7 Å². The van der Waals surface area contributed by atoms with Crippen molar-refractivity contribution in [1.29, 1.82) is 0 Å². The fourth-order valence-electron chi connectivity index (χ4n) is 2.06. The lowest BCUT2D eigenvalue weighted by Gasteiger charge is -2.14. The molecule has 4 nitrogen and oxygen atoms in total. The molecular weight excluding hydrogens is 206 g/mol. The van der Waals surface area contributed by atoms with Crippen LogP contribution in [0, 0.1) is 0 Å². The first-order chi connectivity index (χ1) is 7.84. The van der Waals surface area contributed by atoms with E-state index in [1.54, 1.807) is 0 Å². The van der Waals surface area contributed by atoms with Crippen LogP contribution < -0.4 is 0 Å². The summed E-state index contributed by atoms with van der Waals surface area (Å²) in [6.45, 7) is 2.59. The van der Waals surface area contributed by atoms with Crippen molar-refractivity contribution in [3.63, 3.8) is 0 Å². The summed E-state index contributed by atoms with van der Waals surface area (Å²) in [5, 5.41) is 1.44. The quantitative estimate of drug-likeness (QED) is 0.718. The minimum Gasteiger partial charge on any atom is -0.372 e. The predicted octanol–water partition coefficient (Wildman–Crippen LogP) is 1.49. The standard InChI is InChI=1S/C12H13NO3/c14-12(13-4-1-5-16-13)9-2-3-10-7-15-8-11(10)6-9/h2-3,6H,1,4-5,7-8H2. The molecule has 0 atom stereocenters. The number of hydrogen-bond acceptors (Lipinski definition) is 3. The van der Waals surface area contributed by atoms with E-state index in [0.717, 1.165) is 12.0 Å². The van der Waals surface area contributed by atoms with Crippen molar-refractivity contribution in [2.24, 2.45) is 0 Å². The number of rotatable bonds is 1. The minimum absolute atomic E-state index is 0.0489. The number of fused-ring (bicyclic) bond motifs is 1. The number of nitrogens with zero attached hydrogens (tertiary/aromatic N) is 1. The third-order valence-corrected chi connectivity index (χ3v) is 2.95. The second-order valence-electron chi connectivity index (χ2n) is 4.07. The molecule has 1 aromatic rings. The van der Waals surface area contributed by atoms with Gasteiger partial charge in [0.05, 0.1) is 26.4 Å². The van der Waals surface area contributed by atoms with Gasteiger partial charge in [-0.1, -0.05) is 6.07 Å². The molecule has 16 heavy (non-hydrogen) atoms. The van der Waals surface area contributed by atoms with Gasteiger partial charge in [0.2, 0.25) is 0 Å². The molecule has 0 radical (unpaired) electrons. The molecule has 2 aliphatic rings. The maximum atomic E-state index is 12.0. The van der Waals surface area contributed by atoms with Crippen LogP contribution in [0.4, 0.5) is 0 Å². The van der Waals surface area contributed by atoms with E-state index in [1.807, 2.05) is 18.2 Å². The molecule has 1 fully saturated rings. The van der Waals surface area contributed by atoms with E-state index in [0.29, 0.717) is 31.9 Å². The lowest BCUT2D eigenvalue weighted by atomic mass is 10.1. The molecule has 0 aromatic heterocycles. The van der Waals surface area contributed by atoms with Gasteiger partial charge in [-0.05, 0) is 29.7 Å². The molecule has 0 spiro atoms. The van der Waals surface area contributed by atoms with E-state index < -0.39 is 0 Å². The van der Waals surface area contributed by atoms with E-state index >= 15 is 0 Å². The highest BCUT2D eigenvalue weighted by molar-refractivity contribution is 5.93. The number of carbonyl (C=O) groups excluding carboxylic acids is 1. The zero-order valence-electron chi connectivity index (χ0n) is 8.94. The molecule has 0 saturated carbocycles. The molecule has 1 aromatic carbocycles. The summed E-state index contributed by atoms with van der Waals surface area (Å²) in [6.07, 6.45) is 0.916. The van der Waals surface area contributed by atoms with E-state index in [9.17, 15) is 4.79 Å². The average Bonchev–Trinajstić information content (AvgIpc) is 2.98. The van der Waals surface area contributed by atoms with Crippen LogP contribution in [-0.4, -0.2) is 24.1 Å². The van der Waals surface area contributed by atoms with Gasteiger partial charge in [-0.15, -0.1) is 0 Å². The van der Waals surface area contributed by atoms with E-state index in [2.05, 4.69) is 0 Å². The third-order valence-electron chi connectivity index (χ3n) is 2.95. The van der Waals surface area contributed by atoms with Crippen molar-refractivity contribution in [2.75, 3.05) is 13.2 Å². The summed E-state index contributed by atoms with van der Waals surface area (Å²) in [4.78, 5) is 17.2. The van der Waals surface area contributed by atoms with Crippen LogP contribution in [0.15, 0.2) is 18.2 Å². The van der Waals surface area contributed by atoms with Crippen LogP contribution in [0.2, 0.25) is 0 Å². The van der Waals surface area contributed by atoms with Gasteiger partial charge >= 0.3 is 0 Å². The smallest absolute Gasteiger partial charge is 0.277 e. The number of hydrogen-bond donors (Lipinski definition) is 0. The SMILES string of the molecule is O=C(c1ccc2c(c1)COC2)N1CCCO1. The van der Waals surface area contributed by atoms with E-state index in [1.165, 1.54) is 10.6 Å². The lowest BCUT2D eigenvalue weighted by molar-refractivity contribution is -0.0768. The topological polar surface area (TPSA) is 38.8 Å². The van der Waals surface area contributed by atoms with Gasteiger partial charge in [0, 0.05) is 5.56 Å². The second kappa shape index (κ2) is 3.88. The summed E-state index contributed by atoms with van der Waals surface area (Å²) in [5.41, 5.74) is 2.98. The molecule has 2 heterocycles. The monoisotopic (exact) mass is 219 g/mol. The summed E-state index contributed by atoms with van der Waals surface area (Å²) >= 11 is 0. The number of carbonyl (C=O) groups is 1. The molecule has 0 bridgehead atoms. The Bertz CT molecular complexity index is 424. The Morgan fingerprint density at radius 2 is 2.12 bits per heavy atom.